The van der Waals surface area contributed by atoms with E-state index < -0.39 is 0 Å². The summed E-state index contributed by atoms with van der Waals surface area (Å²) in [5.41, 5.74) is 2.56. The van der Waals surface area contributed by atoms with Gasteiger partial charge < -0.3 is 4.74 Å². The summed E-state index contributed by atoms with van der Waals surface area (Å²) in [7, 11) is 1.62. The first-order chi connectivity index (χ1) is 10.1. The number of aromatic nitrogens is 2. The molecule has 0 bridgehead atoms. The van der Waals surface area contributed by atoms with E-state index in [4.69, 9.17) is 16.3 Å². The maximum atomic E-state index is 13.3. The number of imidazole rings is 1. The summed E-state index contributed by atoms with van der Waals surface area (Å²) in [5.74, 6) is 1.45. The van der Waals surface area contributed by atoms with Gasteiger partial charge in [-0.15, -0.1) is 11.6 Å². The molecule has 3 aromatic rings. The second-order valence-corrected chi connectivity index (χ2v) is 5.88. The number of fused-ring (bicyclic) bond motifs is 1. The van der Waals surface area contributed by atoms with Crippen molar-refractivity contribution in [3.05, 3.63) is 51.6 Å². The van der Waals surface area contributed by atoms with Crippen LogP contribution in [0.5, 0.6) is 5.75 Å². The fraction of sp³-hybridized carbons (Fsp3) is 0.133. The van der Waals surface area contributed by atoms with Gasteiger partial charge in [-0.25, -0.2) is 9.37 Å². The van der Waals surface area contributed by atoms with Crippen LogP contribution in [0.3, 0.4) is 0 Å². The predicted octanol–water partition coefficient (Wildman–Crippen LogP) is 4.52. The summed E-state index contributed by atoms with van der Waals surface area (Å²) < 4.78 is 21.3. The summed E-state index contributed by atoms with van der Waals surface area (Å²) in [5, 5.41) is 0. The van der Waals surface area contributed by atoms with Crippen LogP contribution in [0.2, 0.25) is 0 Å². The van der Waals surface area contributed by atoms with Gasteiger partial charge in [-0.2, -0.15) is 0 Å². The average molecular weight is 417 g/mol. The van der Waals surface area contributed by atoms with Crippen molar-refractivity contribution in [2.75, 3.05) is 7.11 Å². The molecule has 0 amide bonds. The highest BCUT2D eigenvalue weighted by molar-refractivity contribution is 14.1. The lowest BCUT2D eigenvalue weighted by Gasteiger charge is -2.10. The van der Waals surface area contributed by atoms with Crippen LogP contribution in [0.1, 0.15) is 5.82 Å². The van der Waals surface area contributed by atoms with Crippen LogP contribution in [-0.2, 0) is 5.88 Å². The minimum atomic E-state index is -0.266. The van der Waals surface area contributed by atoms with E-state index in [2.05, 4.69) is 27.6 Å². The van der Waals surface area contributed by atoms with Crippen LogP contribution in [0.4, 0.5) is 4.39 Å². The number of halogens is 3. The van der Waals surface area contributed by atoms with Gasteiger partial charge in [0, 0.05) is 9.64 Å². The molecule has 3 nitrogen and oxygen atoms in total. The normalized spacial score (nSPS) is 11.0. The van der Waals surface area contributed by atoms with Gasteiger partial charge in [-0.05, 0) is 52.9 Å². The molecule has 21 heavy (non-hydrogen) atoms. The Labute approximate surface area is 139 Å². The second-order valence-electron chi connectivity index (χ2n) is 4.45. The molecule has 0 saturated heterocycles. The van der Waals surface area contributed by atoms with E-state index in [0.29, 0.717) is 5.82 Å². The van der Waals surface area contributed by atoms with Gasteiger partial charge in [-0.1, -0.05) is 0 Å². The zero-order valence-electron chi connectivity index (χ0n) is 11.1. The molecule has 0 spiro atoms. The molecule has 108 valence electrons. The van der Waals surface area contributed by atoms with Gasteiger partial charge in [-0.3, -0.25) is 4.57 Å². The van der Waals surface area contributed by atoms with Crippen molar-refractivity contribution in [3.8, 4) is 11.4 Å². The molecule has 1 aromatic heterocycles. The SMILES string of the molecule is COc1ccc2nc(CCl)n(-c3ccc(F)cc3I)c2c1. The molecule has 0 atom stereocenters. The van der Waals surface area contributed by atoms with Crippen molar-refractivity contribution in [2.45, 2.75) is 5.88 Å². The van der Waals surface area contributed by atoms with Crippen molar-refractivity contribution >= 4 is 45.2 Å². The highest BCUT2D eigenvalue weighted by Crippen LogP contribution is 2.28. The Morgan fingerprint density at radius 2 is 2.10 bits per heavy atom. The monoisotopic (exact) mass is 416 g/mol. The Kier molecular flexibility index (Phi) is 4.03. The minimum Gasteiger partial charge on any atom is -0.497 e. The lowest BCUT2D eigenvalue weighted by molar-refractivity contribution is 0.415. The summed E-state index contributed by atoms with van der Waals surface area (Å²) in [6.45, 7) is 0. The Bertz CT molecular complexity index is 819. The van der Waals surface area contributed by atoms with Crippen molar-refractivity contribution in [1.82, 2.24) is 9.55 Å². The molecule has 0 saturated carbocycles. The van der Waals surface area contributed by atoms with Crippen LogP contribution in [0, 0.1) is 9.39 Å². The first-order valence-electron chi connectivity index (χ1n) is 6.21. The first kappa shape index (κ1) is 14.6. The highest BCUT2D eigenvalue weighted by Gasteiger charge is 2.15. The Morgan fingerprint density at radius 1 is 1.29 bits per heavy atom. The van der Waals surface area contributed by atoms with Crippen molar-refractivity contribution in [3.63, 3.8) is 0 Å². The number of rotatable bonds is 3. The topological polar surface area (TPSA) is 27.1 Å². The average Bonchev–Trinajstić information content (AvgIpc) is 2.84. The molecule has 1 heterocycles. The quantitative estimate of drug-likeness (QED) is 0.464. The molecule has 0 radical (unpaired) electrons. The lowest BCUT2D eigenvalue weighted by Crippen LogP contribution is -2.02. The van der Waals surface area contributed by atoms with Gasteiger partial charge in [0.25, 0.3) is 0 Å². The fourth-order valence-corrected chi connectivity index (χ4v) is 3.15. The highest BCUT2D eigenvalue weighted by atomic mass is 127. The molecular formula is C15H11ClFIN2O. The Morgan fingerprint density at radius 3 is 2.76 bits per heavy atom. The number of ether oxygens (including phenoxy) is 1. The second kappa shape index (κ2) is 5.81. The minimum absolute atomic E-state index is 0.266. The van der Waals surface area contributed by atoms with Crippen LogP contribution in [0.15, 0.2) is 36.4 Å². The molecule has 2 aromatic carbocycles. The standard InChI is InChI=1S/C15H11ClFIN2O/c1-21-10-3-4-12-14(7-10)20(15(8-16)19-12)13-5-2-9(17)6-11(13)18/h2-7H,8H2,1H3. The third kappa shape index (κ3) is 2.60. The lowest BCUT2D eigenvalue weighted by atomic mass is 10.2. The third-order valence-electron chi connectivity index (χ3n) is 3.20. The first-order valence-corrected chi connectivity index (χ1v) is 7.82. The summed E-state index contributed by atoms with van der Waals surface area (Å²) in [6, 6.07) is 10.3. The van der Waals surface area contributed by atoms with Crippen molar-refractivity contribution < 1.29 is 9.13 Å². The fourth-order valence-electron chi connectivity index (χ4n) is 2.25. The van der Waals surface area contributed by atoms with E-state index in [9.17, 15) is 4.39 Å². The zero-order valence-corrected chi connectivity index (χ0v) is 14.0. The molecule has 6 heteroatoms. The van der Waals surface area contributed by atoms with Crippen LogP contribution < -0.4 is 4.74 Å². The van der Waals surface area contributed by atoms with Crippen LogP contribution >= 0.6 is 34.2 Å². The molecule has 0 aliphatic rings. The summed E-state index contributed by atoms with van der Waals surface area (Å²) in [6.07, 6.45) is 0. The maximum absolute atomic E-state index is 13.3. The zero-order chi connectivity index (χ0) is 15.0. The molecule has 0 unspecified atom stereocenters. The van der Waals surface area contributed by atoms with Gasteiger partial charge in [0.05, 0.1) is 29.7 Å². The van der Waals surface area contributed by atoms with E-state index in [1.165, 1.54) is 12.1 Å². The predicted molar refractivity (Wildman–Crippen MR) is 89.9 cm³/mol. The van der Waals surface area contributed by atoms with Crippen LogP contribution in [-0.4, -0.2) is 16.7 Å². The number of hydrogen-bond acceptors (Lipinski definition) is 2. The number of benzene rings is 2. The van der Waals surface area contributed by atoms with E-state index >= 15 is 0 Å². The number of methoxy groups -OCH3 is 1. The van der Waals surface area contributed by atoms with Crippen molar-refractivity contribution in [2.24, 2.45) is 0 Å². The van der Waals surface area contributed by atoms with E-state index in [1.807, 2.05) is 22.8 Å². The van der Waals surface area contributed by atoms with Gasteiger partial charge in [0.1, 0.15) is 17.4 Å². The molecule has 0 aliphatic carbocycles. The van der Waals surface area contributed by atoms with E-state index in [0.717, 1.165) is 26.0 Å². The summed E-state index contributed by atoms with van der Waals surface area (Å²) >= 11 is 8.13. The summed E-state index contributed by atoms with van der Waals surface area (Å²) in [4.78, 5) is 4.52. The number of nitrogens with zero attached hydrogens (tertiary/aromatic N) is 2. The Hall–Kier alpha value is -1.34. The largest absolute Gasteiger partial charge is 0.497 e. The van der Waals surface area contributed by atoms with E-state index in [-0.39, 0.29) is 11.7 Å². The third-order valence-corrected chi connectivity index (χ3v) is 4.30. The van der Waals surface area contributed by atoms with Gasteiger partial charge in [0.15, 0.2) is 0 Å². The van der Waals surface area contributed by atoms with E-state index in [1.54, 1.807) is 13.2 Å². The Balaban J connectivity index is 2.33. The number of alkyl halides is 1. The smallest absolute Gasteiger partial charge is 0.129 e. The maximum Gasteiger partial charge on any atom is 0.129 e. The molecule has 3 rings (SSSR count). The molecular weight excluding hydrogens is 406 g/mol. The van der Waals surface area contributed by atoms with Gasteiger partial charge >= 0.3 is 0 Å². The van der Waals surface area contributed by atoms with Gasteiger partial charge in [0.2, 0.25) is 0 Å². The molecule has 0 N–H and O–H groups in total. The molecule has 0 aliphatic heterocycles. The molecule has 0 fully saturated rings. The number of hydrogen-bond donors (Lipinski definition) is 0. The van der Waals surface area contributed by atoms with Crippen LogP contribution in [0.25, 0.3) is 16.7 Å². The van der Waals surface area contributed by atoms with Crippen molar-refractivity contribution in [1.29, 1.82) is 0 Å².